The number of methoxy groups -OCH3 is 1. The number of benzene rings is 1. The van der Waals surface area contributed by atoms with Gasteiger partial charge in [-0.25, -0.2) is 0 Å². The predicted octanol–water partition coefficient (Wildman–Crippen LogP) is 3.49. The second-order valence-electron chi connectivity index (χ2n) is 8.06. The van der Waals surface area contributed by atoms with Gasteiger partial charge in [0.25, 0.3) is 5.91 Å². The van der Waals surface area contributed by atoms with Crippen molar-refractivity contribution >= 4 is 16.0 Å². The lowest BCUT2D eigenvalue weighted by Crippen LogP contribution is -2.51. The van der Waals surface area contributed by atoms with E-state index in [1.807, 2.05) is 13.8 Å². The van der Waals surface area contributed by atoms with Gasteiger partial charge in [-0.2, -0.15) is 21.6 Å². The number of unbranched alkanes of at least 4 members (excludes halogenated alkanes) is 1. The van der Waals surface area contributed by atoms with Crippen LogP contribution in [-0.4, -0.2) is 63.6 Å². The van der Waals surface area contributed by atoms with Crippen LogP contribution < -0.4 is 9.50 Å². The predicted molar refractivity (Wildman–Crippen MR) is 114 cm³/mol. The Hall–Kier alpha value is -1.85. The zero-order valence-electron chi connectivity index (χ0n) is 18.6. The van der Waals surface area contributed by atoms with Gasteiger partial charge in [0.15, 0.2) is 0 Å². The Bertz CT molecular complexity index is 869. The topological polar surface area (TPSA) is 84.9 Å². The molecule has 182 valence electrons. The minimum atomic E-state index is -5.82. The molecule has 7 nitrogen and oxygen atoms in total. The molecule has 1 heterocycles. The fourth-order valence-corrected chi connectivity index (χ4v) is 4.25. The molecule has 0 saturated carbocycles. The monoisotopic (exact) mass is 480 g/mol. The molecule has 1 N–H and O–H groups in total. The highest BCUT2D eigenvalue weighted by Crippen LogP contribution is 2.31. The molecule has 1 aliphatic heterocycles. The van der Waals surface area contributed by atoms with Crippen molar-refractivity contribution in [1.29, 1.82) is 0 Å². The zero-order chi connectivity index (χ0) is 23.9. The molecule has 0 aliphatic carbocycles. The average molecular weight is 481 g/mol. The first kappa shape index (κ1) is 26.4. The van der Waals surface area contributed by atoms with Gasteiger partial charge in [0.05, 0.1) is 0 Å². The highest BCUT2D eigenvalue weighted by Gasteiger charge is 2.48. The van der Waals surface area contributed by atoms with Crippen LogP contribution in [0, 0.1) is 0 Å². The minimum absolute atomic E-state index is 0.00272. The molecule has 2 rings (SSSR count). The van der Waals surface area contributed by atoms with Crippen LogP contribution in [0.5, 0.6) is 5.75 Å². The van der Waals surface area contributed by atoms with Crippen LogP contribution in [0.2, 0.25) is 0 Å². The number of aryl methyl sites for hydroxylation is 1. The Balaban J connectivity index is 2.35. The van der Waals surface area contributed by atoms with E-state index < -0.39 is 21.4 Å². The first-order valence-electron chi connectivity index (χ1n) is 10.6. The third kappa shape index (κ3) is 6.82. The molecule has 1 atom stereocenters. The summed E-state index contributed by atoms with van der Waals surface area (Å²) < 4.78 is 70.9. The van der Waals surface area contributed by atoms with Crippen LogP contribution in [0.3, 0.4) is 0 Å². The van der Waals surface area contributed by atoms with E-state index in [-0.39, 0.29) is 35.5 Å². The van der Waals surface area contributed by atoms with Gasteiger partial charge in [-0.05, 0) is 76.3 Å². The molecule has 11 heteroatoms. The van der Waals surface area contributed by atoms with Gasteiger partial charge in [0.1, 0.15) is 5.75 Å². The summed E-state index contributed by atoms with van der Waals surface area (Å²) in [6.45, 7) is 5.82. The smallest absolute Gasteiger partial charge is 0.385 e. The van der Waals surface area contributed by atoms with Crippen molar-refractivity contribution in [3.8, 4) is 5.75 Å². The van der Waals surface area contributed by atoms with Crippen molar-refractivity contribution in [2.75, 3.05) is 26.8 Å². The lowest BCUT2D eigenvalue weighted by molar-refractivity contribution is -0.0500. The molecule has 1 fully saturated rings. The normalized spacial score (nSPS) is 17.4. The molecule has 1 saturated heterocycles. The first-order valence-corrected chi connectivity index (χ1v) is 12.0. The molecule has 1 unspecified atom stereocenters. The van der Waals surface area contributed by atoms with Crippen LogP contribution in [0.4, 0.5) is 13.2 Å². The number of ether oxygens (including phenoxy) is 1. The van der Waals surface area contributed by atoms with E-state index in [1.165, 1.54) is 19.2 Å². The van der Waals surface area contributed by atoms with Crippen LogP contribution in [-0.2, 0) is 21.3 Å². The minimum Gasteiger partial charge on any atom is -0.385 e. The van der Waals surface area contributed by atoms with E-state index in [0.29, 0.717) is 26.0 Å². The summed E-state index contributed by atoms with van der Waals surface area (Å²) in [5.41, 5.74) is -5.04. The number of nitrogens with one attached hydrogen (secondary N) is 1. The number of piperidine rings is 1. The van der Waals surface area contributed by atoms with Gasteiger partial charge in [-0.3, -0.25) is 4.79 Å². The Morgan fingerprint density at radius 2 is 2.00 bits per heavy atom. The maximum atomic E-state index is 13.3. The van der Waals surface area contributed by atoms with Crippen molar-refractivity contribution < 1.29 is 35.3 Å². The van der Waals surface area contributed by atoms with Gasteiger partial charge in [0.2, 0.25) is 0 Å². The van der Waals surface area contributed by atoms with Gasteiger partial charge in [-0.1, -0.05) is 0 Å². The number of nitrogens with zero attached hydrogens (tertiary/aromatic N) is 1. The fourth-order valence-electron chi connectivity index (χ4n) is 3.76. The summed E-state index contributed by atoms with van der Waals surface area (Å²) in [6.07, 6.45) is 3.17. The van der Waals surface area contributed by atoms with E-state index in [2.05, 4.69) is 9.50 Å². The number of alkyl halides is 3. The average Bonchev–Trinajstić information content (AvgIpc) is 2.71. The molecule has 1 amide bonds. The maximum Gasteiger partial charge on any atom is 0.534 e. The Morgan fingerprint density at radius 1 is 1.28 bits per heavy atom. The second-order valence-corrected chi connectivity index (χ2v) is 9.60. The van der Waals surface area contributed by atoms with Gasteiger partial charge in [0, 0.05) is 37.9 Å². The van der Waals surface area contributed by atoms with Crippen molar-refractivity contribution in [2.24, 2.45) is 0 Å². The first-order chi connectivity index (χ1) is 15.0. The number of amides is 1. The largest absolute Gasteiger partial charge is 0.534 e. The zero-order valence-corrected chi connectivity index (χ0v) is 19.4. The van der Waals surface area contributed by atoms with Crippen molar-refractivity contribution in [3.63, 3.8) is 0 Å². The van der Waals surface area contributed by atoms with Crippen LogP contribution in [0.15, 0.2) is 18.2 Å². The lowest BCUT2D eigenvalue weighted by atomic mass is 10.00. The molecule has 0 bridgehead atoms. The summed E-state index contributed by atoms with van der Waals surface area (Å²) in [6, 6.07) is 3.79. The Morgan fingerprint density at radius 3 is 2.56 bits per heavy atom. The van der Waals surface area contributed by atoms with Crippen molar-refractivity contribution in [2.45, 2.75) is 63.5 Å². The van der Waals surface area contributed by atoms with E-state index in [1.54, 1.807) is 4.90 Å². The SMILES string of the molecule is COCCCCc1cc(C(=O)N(C(C)C)C2CCCNC2)ccc1OS(=O)(=O)C(F)(F)F. The van der Waals surface area contributed by atoms with Crippen LogP contribution in [0.1, 0.15) is 55.5 Å². The van der Waals surface area contributed by atoms with Crippen LogP contribution >= 0.6 is 0 Å². The number of hydrogen-bond donors (Lipinski definition) is 1. The lowest BCUT2D eigenvalue weighted by Gasteiger charge is -2.37. The number of halogens is 3. The molecule has 1 aliphatic rings. The van der Waals surface area contributed by atoms with Gasteiger partial charge < -0.3 is 19.1 Å². The van der Waals surface area contributed by atoms with E-state index >= 15 is 0 Å². The molecule has 0 aromatic heterocycles. The molecule has 0 spiro atoms. The Kier molecular flexibility index (Phi) is 9.35. The third-order valence-corrected chi connectivity index (χ3v) is 6.26. The van der Waals surface area contributed by atoms with Crippen LogP contribution in [0.25, 0.3) is 0 Å². The number of carbonyl (C=O) groups is 1. The molecule has 1 aromatic rings. The number of rotatable bonds is 10. The second kappa shape index (κ2) is 11.3. The summed E-state index contributed by atoms with van der Waals surface area (Å²) in [4.78, 5) is 15.1. The molecule has 1 aromatic carbocycles. The van der Waals surface area contributed by atoms with E-state index in [4.69, 9.17) is 4.74 Å². The summed E-state index contributed by atoms with van der Waals surface area (Å²) in [5, 5.41) is 3.28. The molecular weight excluding hydrogens is 449 g/mol. The van der Waals surface area contributed by atoms with Gasteiger partial charge in [-0.15, -0.1) is 0 Å². The third-order valence-electron chi connectivity index (χ3n) is 5.29. The summed E-state index contributed by atoms with van der Waals surface area (Å²) in [7, 11) is -4.28. The standard InChI is InChI=1S/C21H31F3N2O5S/c1-15(2)26(18-8-6-11-25-14-18)20(27)17-9-10-19(31-32(28,29)21(22,23)24)16(13-17)7-4-5-12-30-3/h9-10,13,15,18,25H,4-8,11-12,14H2,1-3H3. The Labute approximate surface area is 187 Å². The summed E-state index contributed by atoms with van der Waals surface area (Å²) >= 11 is 0. The van der Waals surface area contributed by atoms with E-state index in [0.717, 1.165) is 25.5 Å². The van der Waals surface area contributed by atoms with Gasteiger partial charge >= 0.3 is 15.6 Å². The quantitative estimate of drug-likeness (QED) is 0.314. The van der Waals surface area contributed by atoms with Crippen molar-refractivity contribution in [3.05, 3.63) is 29.3 Å². The highest BCUT2D eigenvalue weighted by atomic mass is 32.2. The van der Waals surface area contributed by atoms with Crippen molar-refractivity contribution in [1.82, 2.24) is 10.2 Å². The number of carbonyl (C=O) groups excluding carboxylic acids is 1. The number of hydrogen-bond acceptors (Lipinski definition) is 6. The summed E-state index contributed by atoms with van der Waals surface area (Å²) in [5.74, 6) is -0.677. The molecular formula is C21H31F3N2O5S. The van der Waals surface area contributed by atoms with E-state index in [9.17, 15) is 26.4 Å². The maximum absolute atomic E-state index is 13.3. The molecule has 0 radical (unpaired) electrons. The molecule has 32 heavy (non-hydrogen) atoms. The highest BCUT2D eigenvalue weighted by molar-refractivity contribution is 7.88. The fraction of sp³-hybridized carbons (Fsp3) is 0.667.